The summed E-state index contributed by atoms with van der Waals surface area (Å²) in [7, 11) is 1.71. The van der Waals surface area contributed by atoms with Gasteiger partial charge >= 0.3 is 0 Å². The standard InChI is InChI=1S/C19H25NO/c1-4-5-6-16-7-10-18(11-8-16)20-14-17-9-12-19(21-3)15(2)13-17/h7-13,20H,4-6,14H2,1-3H3. The van der Waals surface area contributed by atoms with Crippen molar-refractivity contribution >= 4 is 5.69 Å². The van der Waals surface area contributed by atoms with E-state index >= 15 is 0 Å². The fourth-order valence-corrected chi connectivity index (χ4v) is 2.42. The van der Waals surface area contributed by atoms with Gasteiger partial charge in [0.15, 0.2) is 0 Å². The Bertz CT molecular complexity index is 560. The molecule has 0 amide bonds. The first-order valence-electron chi connectivity index (χ1n) is 7.69. The molecule has 0 atom stereocenters. The van der Waals surface area contributed by atoms with Crippen molar-refractivity contribution in [3.8, 4) is 5.75 Å². The minimum Gasteiger partial charge on any atom is -0.496 e. The number of anilines is 1. The van der Waals surface area contributed by atoms with Crippen LogP contribution < -0.4 is 10.1 Å². The highest BCUT2D eigenvalue weighted by molar-refractivity contribution is 5.46. The SMILES string of the molecule is CCCCc1ccc(NCc2ccc(OC)c(C)c2)cc1. The maximum atomic E-state index is 5.29. The molecule has 0 aliphatic carbocycles. The second-order valence-electron chi connectivity index (χ2n) is 5.46. The second kappa shape index (κ2) is 7.72. The van der Waals surface area contributed by atoms with Gasteiger partial charge in [-0.05, 0) is 54.7 Å². The molecule has 0 aromatic heterocycles. The monoisotopic (exact) mass is 283 g/mol. The molecule has 1 N–H and O–H groups in total. The molecule has 0 fully saturated rings. The second-order valence-corrected chi connectivity index (χ2v) is 5.46. The van der Waals surface area contributed by atoms with Gasteiger partial charge in [-0.3, -0.25) is 0 Å². The van der Waals surface area contributed by atoms with E-state index in [1.54, 1.807) is 7.11 Å². The molecule has 0 unspecified atom stereocenters. The lowest BCUT2D eigenvalue weighted by molar-refractivity contribution is 0.411. The summed E-state index contributed by atoms with van der Waals surface area (Å²) in [5.74, 6) is 0.944. The highest BCUT2D eigenvalue weighted by atomic mass is 16.5. The van der Waals surface area contributed by atoms with E-state index in [1.807, 2.05) is 6.07 Å². The number of aryl methyl sites for hydroxylation is 2. The zero-order chi connectivity index (χ0) is 15.1. The summed E-state index contributed by atoms with van der Waals surface area (Å²) in [5.41, 5.74) is 5.03. The van der Waals surface area contributed by atoms with Crippen LogP contribution in [0.2, 0.25) is 0 Å². The fourth-order valence-electron chi connectivity index (χ4n) is 2.42. The zero-order valence-electron chi connectivity index (χ0n) is 13.3. The summed E-state index contributed by atoms with van der Waals surface area (Å²) in [6.07, 6.45) is 3.68. The molecule has 2 nitrogen and oxygen atoms in total. The number of methoxy groups -OCH3 is 1. The Hall–Kier alpha value is -1.96. The number of ether oxygens (including phenoxy) is 1. The molecular weight excluding hydrogens is 258 g/mol. The molecule has 2 rings (SSSR count). The minimum absolute atomic E-state index is 0.832. The topological polar surface area (TPSA) is 21.3 Å². The van der Waals surface area contributed by atoms with E-state index in [0.717, 1.165) is 12.3 Å². The summed E-state index contributed by atoms with van der Waals surface area (Å²) >= 11 is 0. The van der Waals surface area contributed by atoms with E-state index in [2.05, 4.69) is 55.6 Å². The number of unbranched alkanes of at least 4 members (excludes halogenated alkanes) is 1. The van der Waals surface area contributed by atoms with Gasteiger partial charge in [0.1, 0.15) is 5.75 Å². The van der Waals surface area contributed by atoms with E-state index in [1.165, 1.54) is 41.6 Å². The van der Waals surface area contributed by atoms with Gasteiger partial charge in [-0.15, -0.1) is 0 Å². The Labute approximate surface area is 128 Å². The summed E-state index contributed by atoms with van der Waals surface area (Å²) < 4.78 is 5.29. The molecule has 112 valence electrons. The fraction of sp³-hybridized carbons (Fsp3) is 0.368. The first-order valence-corrected chi connectivity index (χ1v) is 7.69. The Morgan fingerprint density at radius 1 is 1.00 bits per heavy atom. The lowest BCUT2D eigenvalue weighted by Gasteiger charge is -2.10. The Balaban J connectivity index is 1.92. The van der Waals surface area contributed by atoms with Crippen molar-refractivity contribution in [2.75, 3.05) is 12.4 Å². The highest BCUT2D eigenvalue weighted by Crippen LogP contribution is 2.19. The number of nitrogens with one attached hydrogen (secondary N) is 1. The summed E-state index contributed by atoms with van der Waals surface area (Å²) in [5, 5.41) is 3.47. The van der Waals surface area contributed by atoms with Gasteiger partial charge in [-0.1, -0.05) is 37.6 Å². The van der Waals surface area contributed by atoms with Crippen molar-refractivity contribution in [3.63, 3.8) is 0 Å². The van der Waals surface area contributed by atoms with Gasteiger partial charge in [-0.2, -0.15) is 0 Å². The molecule has 0 spiro atoms. The number of hydrogen-bond donors (Lipinski definition) is 1. The van der Waals surface area contributed by atoms with Crippen molar-refractivity contribution in [2.24, 2.45) is 0 Å². The Kier molecular flexibility index (Phi) is 5.68. The summed E-state index contributed by atoms with van der Waals surface area (Å²) in [6.45, 7) is 5.14. The number of benzene rings is 2. The van der Waals surface area contributed by atoms with E-state index in [9.17, 15) is 0 Å². The molecule has 2 aromatic rings. The largest absolute Gasteiger partial charge is 0.496 e. The maximum Gasteiger partial charge on any atom is 0.121 e. The average Bonchev–Trinajstić information content (AvgIpc) is 2.52. The summed E-state index contributed by atoms with van der Waals surface area (Å²) in [4.78, 5) is 0. The first kappa shape index (κ1) is 15.4. The van der Waals surface area contributed by atoms with Crippen LogP contribution in [-0.2, 0) is 13.0 Å². The van der Waals surface area contributed by atoms with Crippen LogP contribution in [0.25, 0.3) is 0 Å². The molecule has 2 aromatic carbocycles. The normalized spacial score (nSPS) is 10.4. The molecule has 0 bridgehead atoms. The minimum atomic E-state index is 0.832. The molecule has 0 saturated heterocycles. The van der Waals surface area contributed by atoms with Crippen molar-refractivity contribution < 1.29 is 4.74 Å². The first-order chi connectivity index (χ1) is 10.2. The Morgan fingerprint density at radius 2 is 1.71 bits per heavy atom. The van der Waals surface area contributed by atoms with Gasteiger partial charge in [0.2, 0.25) is 0 Å². The van der Waals surface area contributed by atoms with Gasteiger partial charge in [0, 0.05) is 12.2 Å². The smallest absolute Gasteiger partial charge is 0.121 e. The molecule has 0 radical (unpaired) electrons. The van der Waals surface area contributed by atoms with Crippen LogP contribution in [0.3, 0.4) is 0 Å². The maximum absolute atomic E-state index is 5.29. The zero-order valence-corrected chi connectivity index (χ0v) is 13.3. The van der Waals surface area contributed by atoms with E-state index in [-0.39, 0.29) is 0 Å². The van der Waals surface area contributed by atoms with Gasteiger partial charge < -0.3 is 10.1 Å². The highest BCUT2D eigenvalue weighted by Gasteiger charge is 2.00. The van der Waals surface area contributed by atoms with Crippen LogP contribution in [0.1, 0.15) is 36.5 Å². The third kappa shape index (κ3) is 4.52. The molecule has 0 aliphatic heterocycles. The summed E-state index contributed by atoms with van der Waals surface area (Å²) in [6, 6.07) is 15.1. The molecule has 0 aliphatic rings. The third-order valence-corrected chi connectivity index (χ3v) is 3.73. The van der Waals surface area contributed by atoms with Crippen LogP contribution in [-0.4, -0.2) is 7.11 Å². The van der Waals surface area contributed by atoms with Gasteiger partial charge in [0.05, 0.1) is 7.11 Å². The van der Waals surface area contributed by atoms with Crippen molar-refractivity contribution in [3.05, 3.63) is 59.2 Å². The van der Waals surface area contributed by atoms with E-state index < -0.39 is 0 Å². The van der Waals surface area contributed by atoms with E-state index in [0.29, 0.717) is 0 Å². The van der Waals surface area contributed by atoms with Crippen LogP contribution in [0.15, 0.2) is 42.5 Å². The van der Waals surface area contributed by atoms with Crippen molar-refractivity contribution in [1.29, 1.82) is 0 Å². The predicted octanol–water partition coefficient (Wildman–Crippen LogP) is 4.96. The molecule has 0 saturated carbocycles. The Morgan fingerprint density at radius 3 is 2.33 bits per heavy atom. The lowest BCUT2D eigenvalue weighted by Crippen LogP contribution is -2.00. The van der Waals surface area contributed by atoms with E-state index in [4.69, 9.17) is 4.74 Å². The van der Waals surface area contributed by atoms with Gasteiger partial charge in [0.25, 0.3) is 0 Å². The third-order valence-electron chi connectivity index (χ3n) is 3.73. The average molecular weight is 283 g/mol. The van der Waals surface area contributed by atoms with Crippen LogP contribution in [0.4, 0.5) is 5.69 Å². The van der Waals surface area contributed by atoms with Crippen LogP contribution in [0, 0.1) is 6.92 Å². The van der Waals surface area contributed by atoms with Crippen molar-refractivity contribution in [1.82, 2.24) is 0 Å². The molecule has 2 heteroatoms. The van der Waals surface area contributed by atoms with Gasteiger partial charge in [-0.25, -0.2) is 0 Å². The molecule has 21 heavy (non-hydrogen) atoms. The van der Waals surface area contributed by atoms with Crippen molar-refractivity contribution in [2.45, 2.75) is 39.7 Å². The molecule has 0 heterocycles. The molecular formula is C19H25NO. The van der Waals surface area contributed by atoms with Crippen LogP contribution >= 0.6 is 0 Å². The number of hydrogen-bond acceptors (Lipinski definition) is 2. The lowest BCUT2D eigenvalue weighted by atomic mass is 10.1. The predicted molar refractivity (Wildman–Crippen MR) is 90.1 cm³/mol. The number of rotatable bonds is 7. The van der Waals surface area contributed by atoms with Crippen LogP contribution in [0.5, 0.6) is 5.75 Å². The quantitative estimate of drug-likeness (QED) is 0.775.